The second-order valence-corrected chi connectivity index (χ2v) is 4.30. The average Bonchev–Trinajstić information content (AvgIpc) is 2.44. The lowest BCUT2D eigenvalue weighted by molar-refractivity contribution is 0.415. The molecule has 0 bridgehead atoms. The molecule has 0 aliphatic rings. The van der Waals surface area contributed by atoms with Gasteiger partial charge in [-0.1, -0.05) is 11.6 Å². The van der Waals surface area contributed by atoms with E-state index in [1.165, 1.54) is 13.2 Å². The molecule has 0 heterocycles. The van der Waals surface area contributed by atoms with Crippen LogP contribution < -0.4 is 10.1 Å². The van der Waals surface area contributed by atoms with Crippen molar-refractivity contribution >= 4 is 23.0 Å². The van der Waals surface area contributed by atoms with Gasteiger partial charge in [-0.3, -0.25) is 0 Å². The lowest BCUT2D eigenvalue weighted by atomic mass is 10.2. The van der Waals surface area contributed by atoms with Crippen molar-refractivity contribution in [1.29, 1.82) is 5.26 Å². The third kappa shape index (κ3) is 2.81. The molecule has 0 amide bonds. The number of benzene rings is 2. The number of ether oxygens (including phenoxy) is 1. The second-order valence-electron chi connectivity index (χ2n) is 3.90. The minimum atomic E-state index is -0.875. The molecule has 3 nitrogen and oxygen atoms in total. The predicted molar refractivity (Wildman–Crippen MR) is 72.4 cm³/mol. The van der Waals surface area contributed by atoms with E-state index in [4.69, 9.17) is 21.6 Å². The van der Waals surface area contributed by atoms with Gasteiger partial charge in [-0.05, 0) is 24.3 Å². The Balaban J connectivity index is 2.43. The summed E-state index contributed by atoms with van der Waals surface area (Å²) in [5, 5.41) is 11.5. The number of nitrogens with zero attached hydrogens (tertiary/aromatic N) is 1. The highest BCUT2D eigenvalue weighted by molar-refractivity contribution is 6.33. The Morgan fingerprint density at radius 3 is 2.40 bits per heavy atom. The van der Waals surface area contributed by atoms with Crippen molar-refractivity contribution in [3.63, 3.8) is 0 Å². The van der Waals surface area contributed by atoms with Crippen LogP contribution in [0, 0.1) is 23.0 Å². The van der Waals surface area contributed by atoms with E-state index in [0.29, 0.717) is 11.4 Å². The summed E-state index contributed by atoms with van der Waals surface area (Å²) in [6.45, 7) is 0. The molecule has 2 rings (SSSR count). The maximum Gasteiger partial charge on any atom is 0.150 e. The Bertz CT molecular complexity index is 675. The molecule has 0 aromatic heterocycles. The number of methoxy groups -OCH3 is 1. The molecule has 0 aliphatic carbocycles. The summed E-state index contributed by atoms with van der Waals surface area (Å²) in [5.41, 5.74) is -0.171. The quantitative estimate of drug-likeness (QED) is 0.921. The van der Waals surface area contributed by atoms with Crippen LogP contribution in [0.1, 0.15) is 5.56 Å². The fourth-order valence-electron chi connectivity index (χ4n) is 1.62. The van der Waals surface area contributed by atoms with Crippen LogP contribution in [0.15, 0.2) is 30.3 Å². The number of hydrogen-bond acceptors (Lipinski definition) is 3. The number of hydrogen-bond donors (Lipinski definition) is 1. The Kier molecular flexibility index (Phi) is 4.06. The van der Waals surface area contributed by atoms with E-state index < -0.39 is 11.6 Å². The maximum absolute atomic E-state index is 13.8. The number of anilines is 2. The van der Waals surface area contributed by atoms with Crippen molar-refractivity contribution < 1.29 is 13.5 Å². The first-order valence-electron chi connectivity index (χ1n) is 5.55. The summed E-state index contributed by atoms with van der Waals surface area (Å²) in [6.07, 6.45) is 0. The Hall–Kier alpha value is -2.32. The first kappa shape index (κ1) is 14.1. The van der Waals surface area contributed by atoms with Gasteiger partial charge in [0.05, 0.1) is 29.5 Å². The van der Waals surface area contributed by atoms with Crippen molar-refractivity contribution in [1.82, 2.24) is 0 Å². The summed E-state index contributed by atoms with van der Waals surface area (Å²) >= 11 is 5.95. The van der Waals surface area contributed by atoms with Gasteiger partial charge >= 0.3 is 0 Å². The van der Waals surface area contributed by atoms with Gasteiger partial charge in [-0.15, -0.1) is 0 Å². The van der Waals surface area contributed by atoms with Crippen LogP contribution in [0.5, 0.6) is 5.75 Å². The normalized spacial score (nSPS) is 9.95. The zero-order chi connectivity index (χ0) is 14.7. The van der Waals surface area contributed by atoms with Gasteiger partial charge in [0.2, 0.25) is 0 Å². The second kappa shape index (κ2) is 5.76. The van der Waals surface area contributed by atoms with Gasteiger partial charge in [0.25, 0.3) is 0 Å². The molecule has 2 aromatic carbocycles. The van der Waals surface area contributed by atoms with E-state index in [1.807, 2.05) is 0 Å². The van der Waals surface area contributed by atoms with Gasteiger partial charge in [-0.25, -0.2) is 8.78 Å². The molecule has 0 saturated heterocycles. The molecule has 6 heteroatoms. The number of nitrogens with one attached hydrogen (secondary N) is 1. The molecule has 0 aliphatic heterocycles. The molecule has 0 saturated carbocycles. The lowest BCUT2D eigenvalue weighted by Gasteiger charge is -2.12. The van der Waals surface area contributed by atoms with E-state index in [9.17, 15) is 8.78 Å². The van der Waals surface area contributed by atoms with Crippen molar-refractivity contribution in [3.8, 4) is 11.8 Å². The monoisotopic (exact) mass is 294 g/mol. The summed E-state index contributed by atoms with van der Waals surface area (Å²) in [4.78, 5) is 0. The summed E-state index contributed by atoms with van der Waals surface area (Å²) < 4.78 is 32.6. The van der Waals surface area contributed by atoms with Crippen molar-refractivity contribution in [2.45, 2.75) is 0 Å². The van der Waals surface area contributed by atoms with Crippen LogP contribution in [0.25, 0.3) is 0 Å². The smallest absolute Gasteiger partial charge is 0.150 e. The van der Waals surface area contributed by atoms with Crippen molar-refractivity contribution in [2.75, 3.05) is 12.4 Å². The largest absolute Gasteiger partial charge is 0.497 e. The predicted octanol–water partition coefficient (Wildman–Crippen LogP) is 4.24. The fourth-order valence-corrected chi connectivity index (χ4v) is 1.78. The molecule has 0 spiro atoms. The van der Waals surface area contributed by atoms with Crippen LogP contribution in [-0.2, 0) is 0 Å². The lowest BCUT2D eigenvalue weighted by Crippen LogP contribution is -1.99. The highest BCUT2D eigenvalue weighted by Crippen LogP contribution is 2.31. The van der Waals surface area contributed by atoms with Gasteiger partial charge in [0.1, 0.15) is 11.4 Å². The minimum Gasteiger partial charge on any atom is -0.497 e. The molecule has 2 aromatic rings. The average molecular weight is 295 g/mol. The van der Waals surface area contributed by atoms with Crippen LogP contribution in [0.4, 0.5) is 20.2 Å². The van der Waals surface area contributed by atoms with Crippen LogP contribution >= 0.6 is 11.6 Å². The third-order valence-corrected chi connectivity index (χ3v) is 2.93. The number of nitriles is 1. The van der Waals surface area contributed by atoms with Crippen molar-refractivity contribution in [2.24, 2.45) is 0 Å². The van der Waals surface area contributed by atoms with E-state index in [1.54, 1.807) is 18.2 Å². The zero-order valence-corrected chi connectivity index (χ0v) is 11.1. The molecule has 102 valence electrons. The molecule has 20 heavy (non-hydrogen) atoms. The van der Waals surface area contributed by atoms with Crippen molar-refractivity contribution in [3.05, 3.63) is 52.6 Å². The van der Waals surface area contributed by atoms with Gasteiger partial charge in [0.15, 0.2) is 11.6 Å². The summed E-state index contributed by atoms with van der Waals surface area (Å²) in [6, 6.07) is 8.24. The molecule has 0 radical (unpaired) electrons. The van der Waals surface area contributed by atoms with E-state index in [-0.39, 0.29) is 16.3 Å². The highest BCUT2D eigenvalue weighted by Gasteiger charge is 2.13. The Labute approximate surface area is 119 Å². The first-order valence-corrected chi connectivity index (χ1v) is 5.92. The first-order chi connectivity index (χ1) is 9.55. The van der Waals surface area contributed by atoms with Gasteiger partial charge < -0.3 is 10.1 Å². The van der Waals surface area contributed by atoms with E-state index in [2.05, 4.69) is 5.32 Å². The molecular weight excluding hydrogens is 286 g/mol. The summed E-state index contributed by atoms with van der Waals surface area (Å²) in [7, 11) is 1.47. The van der Waals surface area contributed by atoms with E-state index >= 15 is 0 Å². The fraction of sp³-hybridized carbons (Fsp3) is 0.0714. The van der Waals surface area contributed by atoms with Gasteiger partial charge in [-0.2, -0.15) is 5.26 Å². The minimum absolute atomic E-state index is 0.0951. The highest BCUT2D eigenvalue weighted by atomic mass is 35.5. The zero-order valence-electron chi connectivity index (χ0n) is 10.4. The number of rotatable bonds is 3. The molecule has 0 atom stereocenters. The molecule has 0 unspecified atom stereocenters. The molecule has 0 fully saturated rings. The number of halogens is 3. The van der Waals surface area contributed by atoms with Crippen LogP contribution in [0.3, 0.4) is 0 Å². The summed E-state index contributed by atoms with van der Waals surface area (Å²) in [5.74, 6) is -1.26. The van der Waals surface area contributed by atoms with Crippen LogP contribution in [-0.4, -0.2) is 7.11 Å². The molecular formula is C14H9ClF2N2O. The van der Waals surface area contributed by atoms with Crippen LogP contribution in [0.2, 0.25) is 5.02 Å². The Morgan fingerprint density at radius 1 is 1.20 bits per heavy atom. The topological polar surface area (TPSA) is 45.0 Å². The molecule has 1 N–H and O–H groups in total. The Morgan fingerprint density at radius 2 is 1.85 bits per heavy atom. The SMILES string of the molecule is COc1ccc(Cl)c(Nc2c(F)cc(C#N)cc2F)c1. The standard InChI is InChI=1S/C14H9ClF2N2O/c1-20-9-2-3-10(15)13(6-9)19-14-11(16)4-8(7-18)5-12(14)17/h2-6,19H,1H3. The maximum atomic E-state index is 13.8. The van der Waals surface area contributed by atoms with E-state index in [0.717, 1.165) is 12.1 Å². The third-order valence-electron chi connectivity index (χ3n) is 2.60. The van der Waals surface area contributed by atoms with Gasteiger partial charge in [0, 0.05) is 6.07 Å².